The topological polar surface area (TPSA) is 161 Å². The number of fused-ring (bicyclic) bond motifs is 2. The van der Waals surface area contributed by atoms with E-state index in [-0.39, 0.29) is 54.7 Å². The first-order valence-electron chi connectivity index (χ1n) is 25.7. The van der Waals surface area contributed by atoms with Gasteiger partial charge in [0.1, 0.15) is 21.7 Å². The fourth-order valence-corrected chi connectivity index (χ4v) is 12.9. The molecule has 72 heavy (non-hydrogen) atoms. The van der Waals surface area contributed by atoms with Crippen molar-refractivity contribution in [1.82, 2.24) is 28.7 Å². The van der Waals surface area contributed by atoms with Crippen LogP contribution in [-0.2, 0) is 34.6 Å². The third-order valence-electron chi connectivity index (χ3n) is 15.4. The number of allylic oxidation sites excluding steroid dienone is 3. The summed E-state index contributed by atoms with van der Waals surface area (Å²) in [6.45, 7) is 16.7. The second-order valence-electron chi connectivity index (χ2n) is 21.7. The Morgan fingerprint density at radius 1 is 0.958 bits per heavy atom. The molecule has 6 heterocycles. The average Bonchev–Trinajstić information content (AvgIpc) is 4.06. The molecule has 4 fully saturated rings. The SMILES string of the molecule is CC1=CC=CCC1(C)S(=O)(=O)n1ccc2c(-c3ccc4nc(N5CCC(N6C[C@@H](C)N(C(=O)OC(C)(C)C)C[C@@H]6C)CC5)nc(C(COC5CCCCO5)(OC5CC5)c5ccc(F)cc5)c4c3)c[nH]c(=O)c21. The van der Waals surface area contributed by atoms with E-state index in [1.54, 1.807) is 44.3 Å². The van der Waals surface area contributed by atoms with Gasteiger partial charge in [0.05, 0.1) is 23.9 Å². The van der Waals surface area contributed by atoms with Crippen LogP contribution in [0.1, 0.15) is 111 Å². The molecule has 0 spiro atoms. The number of halogens is 1. The van der Waals surface area contributed by atoms with Gasteiger partial charge in [-0.1, -0.05) is 42.0 Å². The number of pyridine rings is 1. The molecule has 3 aromatic heterocycles. The van der Waals surface area contributed by atoms with Crippen LogP contribution in [0.2, 0.25) is 0 Å². The highest BCUT2D eigenvalue weighted by Gasteiger charge is 2.47. The fourth-order valence-electron chi connectivity index (χ4n) is 11.0. The number of aromatic nitrogens is 4. The minimum atomic E-state index is -4.11. The quantitative estimate of drug-likeness (QED) is 0.126. The minimum Gasteiger partial charge on any atom is -0.444 e. The molecular formula is C55H68FN7O8S. The molecule has 1 N–H and O–H groups in total. The van der Waals surface area contributed by atoms with Crippen LogP contribution in [0.5, 0.6) is 0 Å². The van der Waals surface area contributed by atoms with Crippen molar-refractivity contribution in [2.24, 2.45) is 0 Å². The average molecular weight is 1010 g/mol. The van der Waals surface area contributed by atoms with Gasteiger partial charge >= 0.3 is 6.09 Å². The van der Waals surface area contributed by atoms with E-state index in [1.807, 2.05) is 56.0 Å². The number of piperazine rings is 1. The van der Waals surface area contributed by atoms with Gasteiger partial charge in [-0.2, -0.15) is 0 Å². The molecular weight excluding hydrogens is 938 g/mol. The molecule has 3 aliphatic heterocycles. The number of piperidine rings is 1. The van der Waals surface area contributed by atoms with Crippen LogP contribution >= 0.6 is 0 Å². The number of carbonyl (C=O) groups excluding carboxylic acids is 1. The minimum absolute atomic E-state index is 0.0119. The Kier molecular flexibility index (Phi) is 13.5. The Morgan fingerprint density at radius 2 is 1.72 bits per heavy atom. The zero-order valence-corrected chi connectivity index (χ0v) is 43.3. The molecule has 1 amide bonds. The van der Waals surface area contributed by atoms with Crippen molar-refractivity contribution in [3.8, 4) is 11.1 Å². The molecule has 0 radical (unpaired) electrons. The smallest absolute Gasteiger partial charge is 0.410 e. The van der Waals surface area contributed by atoms with E-state index in [9.17, 15) is 22.4 Å². The van der Waals surface area contributed by atoms with Crippen molar-refractivity contribution in [2.75, 3.05) is 44.3 Å². The fraction of sp³-hybridized carbons (Fsp3) is 0.527. The molecule has 17 heteroatoms. The number of nitrogens with one attached hydrogen (secondary N) is 1. The van der Waals surface area contributed by atoms with Gasteiger partial charge in [0.25, 0.3) is 5.56 Å². The Labute approximate surface area is 421 Å². The number of H-pyrrole nitrogens is 1. The Bertz CT molecular complexity index is 3080. The number of nitrogens with zero attached hydrogens (tertiary/aromatic N) is 6. The molecule has 2 aliphatic carbocycles. The second-order valence-corrected chi connectivity index (χ2v) is 24.0. The van der Waals surface area contributed by atoms with Crippen molar-refractivity contribution in [2.45, 2.75) is 146 Å². The number of anilines is 1. The van der Waals surface area contributed by atoms with Crippen LogP contribution < -0.4 is 10.5 Å². The van der Waals surface area contributed by atoms with Crippen LogP contribution in [0, 0.1) is 5.82 Å². The lowest BCUT2D eigenvalue weighted by Crippen LogP contribution is -2.62. The Morgan fingerprint density at radius 3 is 2.42 bits per heavy atom. The zero-order chi connectivity index (χ0) is 50.7. The monoisotopic (exact) mass is 1010 g/mol. The summed E-state index contributed by atoms with van der Waals surface area (Å²) in [5, 5.41) is 1.12. The number of amides is 1. The molecule has 3 saturated heterocycles. The van der Waals surface area contributed by atoms with E-state index in [0.717, 1.165) is 49.0 Å². The van der Waals surface area contributed by atoms with Gasteiger partial charge in [0, 0.05) is 79.6 Å². The summed E-state index contributed by atoms with van der Waals surface area (Å²) in [4.78, 5) is 47.2. The van der Waals surface area contributed by atoms with Gasteiger partial charge in [-0.05, 0) is 141 Å². The van der Waals surface area contributed by atoms with Crippen molar-refractivity contribution >= 4 is 43.9 Å². The van der Waals surface area contributed by atoms with Gasteiger partial charge in [-0.3, -0.25) is 9.69 Å². The first-order chi connectivity index (χ1) is 34.3. The number of rotatable bonds is 12. The van der Waals surface area contributed by atoms with Gasteiger partial charge in [0.2, 0.25) is 16.0 Å². The second kappa shape index (κ2) is 19.4. The molecule has 10 rings (SSSR count). The molecule has 3 unspecified atom stereocenters. The van der Waals surface area contributed by atoms with Crippen LogP contribution in [0.15, 0.2) is 89.5 Å². The maximum Gasteiger partial charge on any atom is 0.410 e. The molecule has 1 saturated carbocycles. The van der Waals surface area contributed by atoms with E-state index in [4.69, 9.17) is 28.9 Å². The highest BCUT2D eigenvalue weighted by Crippen LogP contribution is 2.45. The zero-order valence-electron chi connectivity index (χ0n) is 42.5. The third kappa shape index (κ3) is 9.51. The van der Waals surface area contributed by atoms with Crippen molar-refractivity contribution in [1.29, 1.82) is 0 Å². The lowest BCUT2D eigenvalue weighted by Gasteiger charge is -2.49. The van der Waals surface area contributed by atoms with Crippen molar-refractivity contribution in [3.63, 3.8) is 0 Å². The summed E-state index contributed by atoms with van der Waals surface area (Å²) in [6.07, 6.45) is 14.0. The van der Waals surface area contributed by atoms with Crippen molar-refractivity contribution in [3.05, 3.63) is 112 Å². The van der Waals surface area contributed by atoms with E-state index < -0.39 is 37.8 Å². The molecule has 0 bridgehead atoms. The maximum atomic E-state index is 14.9. The number of hydrogen-bond acceptors (Lipinski definition) is 12. The van der Waals surface area contributed by atoms with E-state index >= 15 is 0 Å². The third-order valence-corrected chi connectivity index (χ3v) is 17.9. The lowest BCUT2D eigenvalue weighted by molar-refractivity contribution is -0.197. The van der Waals surface area contributed by atoms with Gasteiger partial charge in [-0.25, -0.2) is 31.5 Å². The van der Waals surface area contributed by atoms with Crippen molar-refractivity contribution < 1.29 is 36.6 Å². The highest BCUT2D eigenvalue weighted by atomic mass is 32.2. The maximum absolute atomic E-state index is 14.9. The Balaban J connectivity index is 1.06. The molecule has 5 aromatic rings. The predicted octanol–water partition coefficient (Wildman–Crippen LogP) is 9.19. The molecule has 5 aliphatic rings. The van der Waals surface area contributed by atoms with E-state index in [1.165, 1.54) is 18.3 Å². The molecule has 5 atom stereocenters. The first kappa shape index (κ1) is 50.1. The lowest BCUT2D eigenvalue weighted by atomic mass is 9.87. The van der Waals surface area contributed by atoms with Crippen LogP contribution in [0.3, 0.4) is 0 Å². The summed E-state index contributed by atoms with van der Waals surface area (Å²) >= 11 is 0. The van der Waals surface area contributed by atoms with E-state index in [0.29, 0.717) is 82.9 Å². The first-order valence-corrected chi connectivity index (χ1v) is 27.1. The summed E-state index contributed by atoms with van der Waals surface area (Å²) in [6, 6.07) is 14.3. The highest BCUT2D eigenvalue weighted by molar-refractivity contribution is 7.91. The van der Waals surface area contributed by atoms with E-state index in [2.05, 4.69) is 28.6 Å². The number of hydrogen-bond donors (Lipinski definition) is 1. The van der Waals surface area contributed by atoms with Crippen LogP contribution in [-0.4, -0.2) is 123 Å². The van der Waals surface area contributed by atoms with Crippen LogP contribution in [0.4, 0.5) is 15.1 Å². The molecule has 384 valence electrons. The number of benzene rings is 2. The predicted molar refractivity (Wildman–Crippen MR) is 276 cm³/mol. The number of carbonyl (C=O) groups is 1. The standard InChI is InChI=1S/C55H68FN7O8S/c1-35-12-8-10-25-54(35,7)72(66,67)63-28-24-43-45(31-57-50(64)48(43)63)38-14-21-46-44(30-38)49(55(70-42-19-20-42,39-15-17-40(56)18-16-39)34-69-47-13-9-11-29-68-47)59-51(58-46)60-26-22-41(23-27-60)61-32-37(3)62(33-36(61)2)52(65)71-53(4,5)6/h8,10,12,14-18,21,24,28,30-31,36-37,41-42,47H,9,11,13,19-20,22-23,25-27,29,32-34H2,1-7H3,(H,57,64)/t36-,37+,47?,54?,55?/m0/s1. The Hall–Kier alpha value is -5.46. The summed E-state index contributed by atoms with van der Waals surface area (Å²) < 4.78 is 69.7. The number of aromatic amines is 1. The summed E-state index contributed by atoms with van der Waals surface area (Å²) in [5.74, 6) is 0.142. The van der Waals surface area contributed by atoms with Gasteiger partial charge < -0.3 is 33.7 Å². The number of ether oxygens (including phenoxy) is 4. The van der Waals surface area contributed by atoms with Gasteiger partial charge in [0.15, 0.2) is 11.9 Å². The van der Waals surface area contributed by atoms with Gasteiger partial charge in [-0.15, -0.1) is 0 Å². The summed E-state index contributed by atoms with van der Waals surface area (Å²) in [5.41, 5.74) is 1.40. The summed E-state index contributed by atoms with van der Waals surface area (Å²) in [7, 11) is -4.11. The molecule has 15 nitrogen and oxygen atoms in total. The largest absolute Gasteiger partial charge is 0.444 e. The van der Waals surface area contributed by atoms with Crippen LogP contribution in [0.25, 0.3) is 32.9 Å². The molecule has 2 aromatic carbocycles. The normalized spacial score (nSPS) is 24.7.